The number of benzene rings is 1. The second-order valence-electron chi connectivity index (χ2n) is 3.68. The van der Waals surface area contributed by atoms with E-state index in [-0.39, 0.29) is 11.4 Å². The van der Waals surface area contributed by atoms with E-state index in [1.807, 2.05) is 6.92 Å². The van der Waals surface area contributed by atoms with Crippen LogP contribution in [0, 0.1) is 19.7 Å². The minimum Gasteiger partial charge on any atom is -0.311 e. The second-order valence-corrected chi connectivity index (χ2v) is 3.68. The molecule has 2 aromatic rings. The number of rotatable bonds is 1. The van der Waals surface area contributed by atoms with E-state index in [1.165, 1.54) is 18.2 Å². The summed E-state index contributed by atoms with van der Waals surface area (Å²) in [5.41, 5.74) is 1.80. The van der Waals surface area contributed by atoms with Crippen molar-refractivity contribution in [3.63, 3.8) is 0 Å². The fourth-order valence-corrected chi connectivity index (χ4v) is 1.59. The highest BCUT2D eigenvalue weighted by Gasteiger charge is 2.06. The highest BCUT2D eigenvalue weighted by molar-refractivity contribution is 5.62. The summed E-state index contributed by atoms with van der Waals surface area (Å²) in [6, 6.07) is 5.81. The third kappa shape index (κ3) is 2.00. The summed E-state index contributed by atoms with van der Waals surface area (Å²) in [5, 5.41) is 0. The molecule has 0 bridgehead atoms. The molecule has 1 N–H and O–H groups in total. The van der Waals surface area contributed by atoms with Crippen molar-refractivity contribution in [2.75, 3.05) is 0 Å². The summed E-state index contributed by atoms with van der Waals surface area (Å²) in [4.78, 5) is 18.0. The fourth-order valence-electron chi connectivity index (χ4n) is 1.59. The van der Waals surface area contributed by atoms with Gasteiger partial charge in [0.05, 0.1) is 5.69 Å². The van der Waals surface area contributed by atoms with Gasteiger partial charge in [0.1, 0.15) is 11.6 Å². The average Bonchev–Trinajstić information content (AvgIpc) is 2.20. The normalized spacial score (nSPS) is 10.4. The summed E-state index contributed by atoms with van der Waals surface area (Å²) < 4.78 is 13.1. The summed E-state index contributed by atoms with van der Waals surface area (Å²) in [6.07, 6.45) is 0. The van der Waals surface area contributed by atoms with Crippen molar-refractivity contribution in [2.24, 2.45) is 0 Å². The Hall–Kier alpha value is -1.97. The maximum atomic E-state index is 13.1. The Labute approximate surface area is 92.0 Å². The first kappa shape index (κ1) is 10.5. The summed E-state index contributed by atoms with van der Waals surface area (Å²) >= 11 is 0. The largest absolute Gasteiger partial charge is 0.311 e. The SMILES string of the molecule is Cc1nc(-c2cc(F)ccc2C)cc(=O)[nH]1. The first-order valence-electron chi connectivity index (χ1n) is 4.91. The van der Waals surface area contributed by atoms with Crippen molar-refractivity contribution >= 4 is 0 Å². The lowest BCUT2D eigenvalue weighted by atomic mass is 10.1. The molecule has 3 nitrogen and oxygen atoms in total. The predicted molar refractivity (Wildman–Crippen MR) is 59.7 cm³/mol. The van der Waals surface area contributed by atoms with E-state index in [0.29, 0.717) is 17.1 Å². The van der Waals surface area contributed by atoms with Crippen LogP contribution in [0.3, 0.4) is 0 Å². The van der Waals surface area contributed by atoms with E-state index >= 15 is 0 Å². The molecule has 2 rings (SSSR count). The van der Waals surface area contributed by atoms with Gasteiger partial charge in [-0.1, -0.05) is 6.07 Å². The molecule has 1 aromatic heterocycles. The topological polar surface area (TPSA) is 45.8 Å². The van der Waals surface area contributed by atoms with Crippen LogP contribution in [0.2, 0.25) is 0 Å². The van der Waals surface area contributed by atoms with Gasteiger partial charge >= 0.3 is 0 Å². The lowest BCUT2D eigenvalue weighted by molar-refractivity contribution is 0.628. The Morgan fingerprint density at radius 3 is 2.69 bits per heavy atom. The third-order valence-corrected chi connectivity index (χ3v) is 2.34. The Morgan fingerprint density at radius 2 is 2.00 bits per heavy atom. The molecule has 1 heterocycles. The smallest absolute Gasteiger partial charge is 0.251 e. The van der Waals surface area contributed by atoms with E-state index in [2.05, 4.69) is 9.97 Å². The summed E-state index contributed by atoms with van der Waals surface area (Å²) in [6.45, 7) is 3.55. The van der Waals surface area contributed by atoms with E-state index in [9.17, 15) is 9.18 Å². The van der Waals surface area contributed by atoms with Gasteiger partial charge in [-0.2, -0.15) is 0 Å². The summed E-state index contributed by atoms with van der Waals surface area (Å²) in [7, 11) is 0. The van der Waals surface area contributed by atoms with Gasteiger partial charge in [-0.05, 0) is 31.5 Å². The van der Waals surface area contributed by atoms with Gasteiger partial charge in [0.15, 0.2) is 0 Å². The standard InChI is InChI=1S/C12H11FN2O/c1-7-3-4-9(13)5-10(7)11-6-12(16)15-8(2)14-11/h3-6H,1-2H3,(H,14,15,16). The lowest BCUT2D eigenvalue weighted by Gasteiger charge is -2.05. The van der Waals surface area contributed by atoms with E-state index in [0.717, 1.165) is 5.56 Å². The monoisotopic (exact) mass is 218 g/mol. The highest BCUT2D eigenvalue weighted by Crippen LogP contribution is 2.21. The number of aryl methyl sites for hydroxylation is 2. The lowest BCUT2D eigenvalue weighted by Crippen LogP contribution is -2.08. The van der Waals surface area contributed by atoms with Crippen molar-refractivity contribution in [3.8, 4) is 11.3 Å². The minimum absolute atomic E-state index is 0.230. The molecular formula is C12H11FN2O. The van der Waals surface area contributed by atoms with Crippen LogP contribution in [-0.4, -0.2) is 9.97 Å². The molecule has 1 aromatic carbocycles. The number of aromatic amines is 1. The Balaban J connectivity index is 2.66. The number of hydrogen-bond donors (Lipinski definition) is 1. The Kier molecular flexibility index (Phi) is 2.56. The van der Waals surface area contributed by atoms with Crippen molar-refractivity contribution in [2.45, 2.75) is 13.8 Å². The molecule has 0 aliphatic rings. The summed E-state index contributed by atoms with van der Waals surface area (Å²) in [5.74, 6) is 0.187. The van der Waals surface area contributed by atoms with Crippen LogP contribution in [0.5, 0.6) is 0 Å². The predicted octanol–water partition coefficient (Wildman–Crippen LogP) is 2.19. The first-order chi connectivity index (χ1) is 7.56. The highest BCUT2D eigenvalue weighted by atomic mass is 19.1. The molecule has 16 heavy (non-hydrogen) atoms. The fraction of sp³-hybridized carbons (Fsp3) is 0.167. The maximum absolute atomic E-state index is 13.1. The maximum Gasteiger partial charge on any atom is 0.251 e. The zero-order valence-corrected chi connectivity index (χ0v) is 9.04. The molecule has 0 saturated heterocycles. The zero-order chi connectivity index (χ0) is 11.7. The van der Waals surface area contributed by atoms with Gasteiger partial charge in [0.2, 0.25) is 0 Å². The van der Waals surface area contributed by atoms with Gasteiger partial charge in [-0.3, -0.25) is 4.79 Å². The molecule has 0 saturated carbocycles. The van der Waals surface area contributed by atoms with E-state index in [4.69, 9.17) is 0 Å². The minimum atomic E-state index is -0.333. The van der Waals surface area contributed by atoms with Crippen LogP contribution in [0.1, 0.15) is 11.4 Å². The number of aromatic nitrogens is 2. The zero-order valence-electron chi connectivity index (χ0n) is 9.04. The number of nitrogens with one attached hydrogen (secondary N) is 1. The van der Waals surface area contributed by atoms with Gasteiger partial charge in [-0.15, -0.1) is 0 Å². The Morgan fingerprint density at radius 1 is 1.25 bits per heavy atom. The molecule has 82 valence electrons. The van der Waals surface area contributed by atoms with Gasteiger partial charge < -0.3 is 4.98 Å². The molecular weight excluding hydrogens is 207 g/mol. The number of halogens is 1. The number of H-pyrrole nitrogens is 1. The van der Waals surface area contributed by atoms with Gasteiger partial charge in [0, 0.05) is 11.6 Å². The van der Waals surface area contributed by atoms with E-state index in [1.54, 1.807) is 13.0 Å². The Bertz CT molecular complexity index is 590. The average molecular weight is 218 g/mol. The van der Waals surface area contributed by atoms with Crippen LogP contribution < -0.4 is 5.56 Å². The molecule has 0 fully saturated rings. The molecule has 0 unspecified atom stereocenters. The molecule has 0 aliphatic heterocycles. The van der Waals surface area contributed by atoms with Crippen LogP contribution in [0.15, 0.2) is 29.1 Å². The number of hydrogen-bond acceptors (Lipinski definition) is 2. The van der Waals surface area contributed by atoms with Crippen molar-refractivity contribution < 1.29 is 4.39 Å². The van der Waals surface area contributed by atoms with Crippen molar-refractivity contribution in [1.82, 2.24) is 9.97 Å². The number of nitrogens with zero attached hydrogens (tertiary/aromatic N) is 1. The van der Waals surface area contributed by atoms with Crippen molar-refractivity contribution in [3.05, 3.63) is 51.8 Å². The quantitative estimate of drug-likeness (QED) is 0.797. The molecule has 0 atom stereocenters. The van der Waals surface area contributed by atoms with Crippen LogP contribution >= 0.6 is 0 Å². The van der Waals surface area contributed by atoms with E-state index < -0.39 is 0 Å². The third-order valence-electron chi connectivity index (χ3n) is 2.34. The second kappa shape index (κ2) is 3.89. The first-order valence-corrected chi connectivity index (χ1v) is 4.91. The molecule has 0 aliphatic carbocycles. The van der Waals surface area contributed by atoms with Gasteiger partial charge in [-0.25, -0.2) is 9.37 Å². The van der Waals surface area contributed by atoms with Crippen LogP contribution in [0.25, 0.3) is 11.3 Å². The molecule has 0 radical (unpaired) electrons. The molecule has 0 spiro atoms. The molecule has 4 heteroatoms. The van der Waals surface area contributed by atoms with Gasteiger partial charge in [0.25, 0.3) is 5.56 Å². The van der Waals surface area contributed by atoms with Crippen LogP contribution in [-0.2, 0) is 0 Å². The molecule has 0 amide bonds. The van der Waals surface area contributed by atoms with Crippen molar-refractivity contribution in [1.29, 1.82) is 0 Å². The van der Waals surface area contributed by atoms with Crippen LogP contribution in [0.4, 0.5) is 4.39 Å².